The van der Waals surface area contributed by atoms with Gasteiger partial charge in [0.05, 0.1) is 0 Å². The molecule has 2 heteroatoms. The first-order chi connectivity index (χ1) is 5.72. The topological polar surface area (TPSA) is 15.3 Å². The van der Waals surface area contributed by atoms with Crippen LogP contribution in [-0.2, 0) is 0 Å². The number of piperidine rings is 1. The van der Waals surface area contributed by atoms with Gasteiger partial charge in [0, 0.05) is 13.5 Å². The molecule has 0 atom stereocenters. The summed E-state index contributed by atoms with van der Waals surface area (Å²) in [5.74, 6) is 0. The molecule has 0 radical (unpaired) electrons. The monoisotopic (exact) mass is 172 g/mol. The SMILES string of the molecule is CCN1CCC(NC(C)C)CC1.[HH]. The zero-order valence-corrected chi connectivity index (χ0v) is 8.64. The number of likely N-dealkylation sites (tertiary alicyclic amines) is 1. The highest BCUT2D eigenvalue weighted by molar-refractivity contribution is 4.77. The lowest BCUT2D eigenvalue weighted by atomic mass is 10.0. The molecule has 1 N–H and O–H groups in total. The predicted molar refractivity (Wildman–Crippen MR) is 55.5 cm³/mol. The van der Waals surface area contributed by atoms with Crippen LogP contribution in [0.5, 0.6) is 0 Å². The quantitative estimate of drug-likeness (QED) is 0.697. The second-order valence-corrected chi connectivity index (χ2v) is 4.03. The van der Waals surface area contributed by atoms with Gasteiger partial charge in [0.15, 0.2) is 0 Å². The van der Waals surface area contributed by atoms with Crippen LogP contribution in [0.4, 0.5) is 0 Å². The number of hydrogen-bond acceptors (Lipinski definition) is 2. The summed E-state index contributed by atoms with van der Waals surface area (Å²) in [6, 6.07) is 1.41. The molecule has 0 bridgehead atoms. The first kappa shape index (κ1) is 10.0. The van der Waals surface area contributed by atoms with Crippen molar-refractivity contribution in [1.29, 1.82) is 0 Å². The summed E-state index contributed by atoms with van der Waals surface area (Å²) in [5.41, 5.74) is 0. The lowest BCUT2D eigenvalue weighted by molar-refractivity contribution is 0.201. The van der Waals surface area contributed by atoms with E-state index in [0.717, 1.165) is 6.04 Å². The van der Waals surface area contributed by atoms with Gasteiger partial charge in [-0.2, -0.15) is 0 Å². The van der Waals surface area contributed by atoms with Crippen molar-refractivity contribution in [1.82, 2.24) is 10.2 Å². The average Bonchev–Trinajstić information content (AvgIpc) is 2.05. The van der Waals surface area contributed by atoms with Crippen molar-refractivity contribution in [3.63, 3.8) is 0 Å². The van der Waals surface area contributed by atoms with Gasteiger partial charge < -0.3 is 10.2 Å². The molecule has 1 saturated heterocycles. The predicted octanol–water partition coefficient (Wildman–Crippen LogP) is 1.71. The highest BCUT2D eigenvalue weighted by Gasteiger charge is 2.17. The van der Waals surface area contributed by atoms with E-state index in [4.69, 9.17) is 0 Å². The van der Waals surface area contributed by atoms with Crippen LogP contribution in [0.3, 0.4) is 0 Å². The average molecular weight is 172 g/mol. The Bertz CT molecular complexity index is 120. The zero-order chi connectivity index (χ0) is 8.97. The van der Waals surface area contributed by atoms with Crippen molar-refractivity contribution >= 4 is 0 Å². The van der Waals surface area contributed by atoms with Gasteiger partial charge in [-0.25, -0.2) is 0 Å². The normalized spacial score (nSPS) is 22.0. The van der Waals surface area contributed by atoms with E-state index < -0.39 is 0 Å². The lowest BCUT2D eigenvalue weighted by Gasteiger charge is -2.32. The van der Waals surface area contributed by atoms with E-state index in [9.17, 15) is 0 Å². The molecule has 1 rings (SSSR count). The Labute approximate surface area is 77.8 Å². The zero-order valence-electron chi connectivity index (χ0n) is 8.64. The summed E-state index contributed by atoms with van der Waals surface area (Å²) < 4.78 is 0. The number of nitrogens with one attached hydrogen (secondary N) is 1. The summed E-state index contributed by atoms with van der Waals surface area (Å²) in [5, 5.41) is 3.60. The molecule has 0 unspecified atom stereocenters. The third-order valence-electron chi connectivity index (χ3n) is 2.60. The van der Waals surface area contributed by atoms with Crippen LogP contribution in [0.2, 0.25) is 0 Å². The highest BCUT2D eigenvalue weighted by atomic mass is 15.1. The fourth-order valence-corrected chi connectivity index (χ4v) is 1.89. The van der Waals surface area contributed by atoms with Gasteiger partial charge in [-0.3, -0.25) is 0 Å². The Morgan fingerprint density at radius 2 is 2.00 bits per heavy atom. The van der Waals surface area contributed by atoms with E-state index in [1.807, 2.05) is 0 Å². The van der Waals surface area contributed by atoms with Gasteiger partial charge in [0.25, 0.3) is 0 Å². The minimum absolute atomic E-state index is 0. The molecule has 0 aromatic rings. The van der Waals surface area contributed by atoms with Gasteiger partial charge in [0.1, 0.15) is 0 Å². The molecule has 0 aliphatic carbocycles. The molecular weight excluding hydrogens is 148 g/mol. The van der Waals surface area contributed by atoms with E-state index in [1.54, 1.807) is 0 Å². The van der Waals surface area contributed by atoms with E-state index in [2.05, 4.69) is 31.0 Å². The van der Waals surface area contributed by atoms with Crippen molar-refractivity contribution < 1.29 is 1.43 Å². The Kier molecular flexibility index (Phi) is 4.02. The number of rotatable bonds is 3. The third-order valence-corrected chi connectivity index (χ3v) is 2.60. The van der Waals surface area contributed by atoms with Crippen LogP contribution in [0.1, 0.15) is 35.0 Å². The molecule has 0 saturated carbocycles. The van der Waals surface area contributed by atoms with Crippen molar-refractivity contribution in [3.8, 4) is 0 Å². The first-order valence-corrected chi connectivity index (χ1v) is 5.20. The van der Waals surface area contributed by atoms with Gasteiger partial charge in [0.2, 0.25) is 0 Å². The van der Waals surface area contributed by atoms with E-state index in [-0.39, 0.29) is 1.43 Å². The van der Waals surface area contributed by atoms with Crippen LogP contribution < -0.4 is 5.32 Å². The Morgan fingerprint density at radius 3 is 2.42 bits per heavy atom. The molecule has 1 aliphatic heterocycles. The first-order valence-electron chi connectivity index (χ1n) is 5.20. The standard InChI is InChI=1S/C10H22N2.H2/c1-4-12-7-5-10(6-8-12)11-9(2)3;/h9-11H,4-8H2,1-3H3;1H. The van der Waals surface area contributed by atoms with Crippen molar-refractivity contribution in [2.24, 2.45) is 0 Å². The maximum Gasteiger partial charge on any atom is 0.00937 e. The van der Waals surface area contributed by atoms with Crippen LogP contribution in [0, 0.1) is 0 Å². The van der Waals surface area contributed by atoms with E-state index >= 15 is 0 Å². The molecule has 0 amide bonds. The van der Waals surface area contributed by atoms with E-state index in [1.165, 1.54) is 32.5 Å². The van der Waals surface area contributed by atoms with E-state index in [0.29, 0.717) is 6.04 Å². The Morgan fingerprint density at radius 1 is 1.42 bits per heavy atom. The van der Waals surface area contributed by atoms with Gasteiger partial charge >= 0.3 is 0 Å². The number of nitrogens with zero attached hydrogens (tertiary/aromatic N) is 1. The van der Waals surface area contributed by atoms with Crippen LogP contribution >= 0.6 is 0 Å². The second kappa shape index (κ2) is 4.83. The highest BCUT2D eigenvalue weighted by Crippen LogP contribution is 2.09. The minimum atomic E-state index is 0. The maximum absolute atomic E-state index is 3.60. The molecule has 0 aromatic heterocycles. The molecule has 12 heavy (non-hydrogen) atoms. The van der Waals surface area contributed by atoms with Crippen molar-refractivity contribution in [3.05, 3.63) is 0 Å². The summed E-state index contributed by atoms with van der Waals surface area (Å²) >= 11 is 0. The van der Waals surface area contributed by atoms with Gasteiger partial charge in [-0.15, -0.1) is 0 Å². The smallest absolute Gasteiger partial charge is 0.00937 e. The van der Waals surface area contributed by atoms with Gasteiger partial charge in [-0.05, 0) is 32.5 Å². The Balaban J connectivity index is 0.00000144. The summed E-state index contributed by atoms with van der Waals surface area (Å²) in [7, 11) is 0. The fourth-order valence-electron chi connectivity index (χ4n) is 1.89. The number of hydrogen-bond donors (Lipinski definition) is 1. The van der Waals surface area contributed by atoms with Crippen LogP contribution in [0.15, 0.2) is 0 Å². The molecule has 74 valence electrons. The van der Waals surface area contributed by atoms with Crippen LogP contribution in [0.25, 0.3) is 0 Å². The molecule has 1 fully saturated rings. The summed E-state index contributed by atoms with van der Waals surface area (Å²) in [6.45, 7) is 10.5. The van der Waals surface area contributed by atoms with Gasteiger partial charge in [-0.1, -0.05) is 20.8 Å². The van der Waals surface area contributed by atoms with Crippen molar-refractivity contribution in [2.45, 2.75) is 45.7 Å². The summed E-state index contributed by atoms with van der Waals surface area (Å²) in [4.78, 5) is 2.53. The Hall–Kier alpha value is -0.0800. The molecule has 0 aromatic carbocycles. The molecule has 1 heterocycles. The molecule has 2 nitrogen and oxygen atoms in total. The lowest BCUT2D eigenvalue weighted by Crippen LogP contribution is -2.44. The largest absolute Gasteiger partial charge is 0.312 e. The minimum Gasteiger partial charge on any atom is -0.312 e. The molecule has 0 spiro atoms. The molecular formula is C10H24N2. The van der Waals surface area contributed by atoms with Crippen LogP contribution in [-0.4, -0.2) is 36.6 Å². The summed E-state index contributed by atoms with van der Waals surface area (Å²) in [6.07, 6.45) is 2.65. The third kappa shape index (κ3) is 3.11. The second-order valence-electron chi connectivity index (χ2n) is 4.03. The maximum atomic E-state index is 3.60. The molecule has 1 aliphatic rings. The van der Waals surface area contributed by atoms with Crippen molar-refractivity contribution in [2.75, 3.05) is 19.6 Å². The fraction of sp³-hybridized carbons (Fsp3) is 1.00.